The second-order valence-corrected chi connectivity index (χ2v) is 4.69. The summed E-state index contributed by atoms with van der Waals surface area (Å²) in [6.45, 7) is 6.61. The Labute approximate surface area is 89.5 Å². The molecule has 0 aliphatic rings. The van der Waals surface area contributed by atoms with Gasteiger partial charge in [0.2, 0.25) is 0 Å². The molecule has 78 valence electrons. The molecule has 0 unspecified atom stereocenters. The van der Waals surface area contributed by atoms with E-state index in [2.05, 4.69) is 54.4 Å². The Morgan fingerprint density at radius 3 is 2.60 bits per heavy atom. The van der Waals surface area contributed by atoms with Crippen LogP contribution in [0.1, 0.15) is 26.3 Å². The van der Waals surface area contributed by atoms with Gasteiger partial charge in [0, 0.05) is 5.56 Å². The fourth-order valence-corrected chi connectivity index (χ4v) is 1.49. The zero-order chi connectivity index (χ0) is 10.9. The third-order valence-corrected chi connectivity index (χ3v) is 2.44. The SMILES string of the molecule is CC(C)(C)c1cccc(-c2cn[nH]n2)c1. The minimum atomic E-state index is 0.166. The van der Waals surface area contributed by atoms with E-state index in [-0.39, 0.29) is 5.41 Å². The summed E-state index contributed by atoms with van der Waals surface area (Å²) in [7, 11) is 0. The van der Waals surface area contributed by atoms with Crippen molar-refractivity contribution in [3.63, 3.8) is 0 Å². The van der Waals surface area contributed by atoms with E-state index >= 15 is 0 Å². The van der Waals surface area contributed by atoms with Gasteiger partial charge in [-0.2, -0.15) is 15.4 Å². The molecule has 0 saturated carbocycles. The predicted molar refractivity (Wildman–Crippen MR) is 60.5 cm³/mol. The molecular weight excluding hydrogens is 186 g/mol. The number of H-pyrrole nitrogens is 1. The zero-order valence-corrected chi connectivity index (χ0v) is 9.28. The maximum atomic E-state index is 4.07. The number of aromatic amines is 1. The summed E-state index contributed by atoms with van der Waals surface area (Å²) in [5.74, 6) is 0. The van der Waals surface area contributed by atoms with Crippen LogP contribution in [-0.4, -0.2) is 15.4 Å². The van der Waals surface area contributed by atoms with E-state index in [1.54, 1.807) is 6.20 Å². The lowest BCUT2D eigenvalue weighted by Crippen LogP contribution is -2.10. The summed E-state index contributed by atoms with van der Waals surface area (Å²) >= 11 is 0. The lowest BCUT2D eigenvalue weighted by molar-refractivity contribution is 0.590. The number of nitrogens with one attached hydrogen (secondary N) is 1. The van der Waals surface area contributed by atoms with Crippen molar-refractivity contribution < 1.29 is 0 Å². The zero-order valence-electron chi connectivity index (χ0n) is 9.28. The summed E-state index contributed by atoms with van der Waals surface area (Å²) in [5, 5.41) is 10.5. The molecular formula is C12H15N3. The Morgan fingerprint density at radius 2 is 2.00 bits per heavy atom. The summed E-state index contributed by atoms with van der Waals surface area (Å²) < 4.78 is 0. The first kappa shape index (κ1) is 9.90. The average Bonchev–Trinajstić information content (AvgIpc) is 2.69. The molecule has 0 fully saturated rings. The number of hydrogen-bond acceptors (Lipinski definition) is 2. The average molecular weight is 201 g/mol. The topological polar surface area (TPSA) is 41.6 Å². The first-order chi connectivity index (χ1) is 7.07. The standard InChI is InChI=1S/C12H15N3/c1-12(2,3)10-6-4-5-9(7-10)11-8-13-15-14-11/h4-8H,1-3H3,(H,13,14,15). The van der Waals surface area contributed by atoms with Crippen molar-refractivity contribution in [3.05, 3.63) is 36.0 Å². The maximum absolute atomic E-state index is 4.07. The van der Waals surface area contributed by atoms with Gasteiger partial charge in [-0.15, -0.1) is 0 Å². The third-order valence-electron chi connectivity index (χ3n) is 2.44. The molecule has 0 bridgehead atoms. The summed E-state index contributed by atoms with van der Waals surface area (Å²) in [4.78, 5) is 0. The van der Waals surface area contributed by atoms with E-state index in [0.717, 1.165) is 11.3 Å². The first-order valence-electron chi connectivity index (χ1n) is 5.04. The molecule has 0 saturated heterocycles. The Balaban J connectivity index is 2.44. The molecule has 0 radical (unpaired) electrons. The first-order valence-corrected chi connectivity index (χ1v) is 5.04. The van der Waals surface area contributed by atoms with Gasteiger partial charge in [0.15, 0.2) is 0 Å². The Hall–Kier alpha value is -1.64. The van der Waals surface area contributed by atoms with Gasteiger partial charge in [0.1, 0.15) is 5.69 Å². The molecule has 0 atom stereocenters. The van der Waals surface area contributed by atoms with E-state index in [1.807, 2.05) is 6.07 Å². The van der Waals surface area contributed by atoms with E-state index in [1.165, 1.54) is 5.56 Å². The third kappa shape index (κ3) is 2.06. The molecule has 15 heavy (non-hydrogen) atoms. The van der Waals surface area contributed by atoms with Gasteiger partial charge < -0.3 is 0 Å². The Kier molecular flexibility index (Phi) is 2.31. The Morgan fingerprint density at radius 1 is 1.20 bits per heavy atom. The van der Waals surface area contributed by atoms with Crippen molar-refractivity contribution in [3.8, 4) is 11.3 Å². The molecule has 3 nitrogen and oxygen atoms in total. The monoisotopic (exact) mass is 201 g/mol. The number of rotatable bonds is 1. The normalized spacial score (nSPS) is 11.7. The highest BCUT2D eigenvalue weighted by Gasteiger charge is 2.14. The second kappa shape index (κ2) is 3.50. The number of nitrogens with zero attached hydrogens (tertiary/aromatic N) is 2. The molecule has 1 N–H and O–H groups in total. The van der Waals surface area contributed by atoms with Gasteiger partial charge in [0.25, 0.3) is 0 Å². The van der Waals surface area contributed by atoms with Crippen LogP contribution in [0.5, 0.6) is 0 Å². The minimum Gasteiger partial charge on any atom is -0.197 e. The number of hydrogen-bond donors (Lipinski definition) is 1. The molecule has 0 spiro atoms. The fraction of sp³-hybridized carbons (Fsp3) is 0.333. The van der Waals surface area contributed by atoms with Crippen molar-refractivity contribution in [2.24, 2.45) is 0 Å². The van der Waals surface area contributed by atoms with Crippen molar-refractivity contribution in [1.29, 1.82) is 0 Å². The molecule has 2 aromatic rings. The van der Waals surface area contributed by atoms with Gasteiger partial charge in [0.05, 0.1) is 6.20 Å². The highest BCUT2D eigenvalue weighted by Crippen LogP contribution is 2.26. The van der Waals surface area contributed by atoms with Crippen LogP contribution in [0, 0.1) is 0 Å². The largest absolute Gasteiger partial charge is 0.197 e. The molecule has 2 rings (SSSR count). The smallest absolute Gasteiger partial charge is 0.112 e. The number of benzene rings is 1. The highest BCUT2D eigenvalue weighted by molar-refractivity contribution is 5.59. The van der Waals surface area contributed by atoms with E-state index in [0.29, 0.717) is 0 Å². The van der Waals surface area contributed by atoms with Crippen LogP contribution in [0.2, 0.25) is 0 Å². The molecule has 1 aromatic heterocycles. The summed E-state index contributed by atoms with van der Waals surface area (Å²) in [6.07, 6.45) is 1.74. The van der Waals surface area contributed by atoms with Crippen LogP contribution >= 0.6 is 0 Å². The van der Waals surface area contributed by atoms with E-state index in [9.17, 15) is 0 Å². The van der Waals surface area contributed by atoms with Crippen LogP contribution < -0.4 is 0 Å². The van der Waals surface area contributed by atoms with Crippen molar-refractivity contribution in [2.75, 3.05) is 0 Å². The molecule has 1 aromatic carbocycles. The minimum absolute atomic E-state index is 0.166. The summed E-state index contributed by atoms with van der Waals surface area (Å²) in [6, 6.07) is 8.42. The molecule has 0 aliphatic heterocycles. The number of aromatic nitrogens is 3. The maximum Gasteiger partial charge on any atom is 0.112 e. The highest BCUT2D eigenvalue weighted by atomic mass is 15.3. The van der Waals surface area contributed by atoms with Crippen LogP contribution in [-0.2, 0) is 5.41 Å². The van der Waals surface area contributed by atoms with Crippen molar-refractivity contribution in [1.82, 2.24) is 15.4 Å². The predicted octanol–water partition coefficient (Wildman–Crippen LogP) is 2.77. The fourth-order valence-electron chi connectivity index (χ4n) is 1.49. The molecule has 1 heterocycles. The van der Waals surface area contributed by atoms with Gasteiger partial charge in [-0.1, -0.05) is 39.0 Å². The lowest BCUT2D eigenvalue weighted by Gasteiger charge is -2.19. The molecule has 0 amide bonds. The van der Waals surface area contributed by atoms with Crippen LogP contribution in [0.15, 0.2) is 30.5 Å². The van der Waals surface area contributed by atoms with Gasteiger partial charge in [-0.3, -0.25) is 0 Å². The molecule has 0 aliphatic carbocycles. The quantitative estimate of drug-likeness (QED) is 0.770. The Bertz CT molecular complexity index is 438. The second-order valence-electron chi connectivity index (χ2n) is 4.69. The van der Waals surface area contributed by atoms with Crippen molar-refractivity contribution >= 4 is 0 Å². The molecule has 3 heteroatoms. The van der Waals surface area contributed by atoms with E-state index < -0.39 is 0 Å². The lowest BCUT2D eigenvalue weighted by atomic mass is 9.86. The van der Waals surface area contributed by atoms with Crippen molar-refractivity contribution in [2.45, 2.75) is 26.2 Å². The van der Waals surface area contributed by atoms with Crippen LogP contribution in [0.3, 0.4) is 0 Å². The van der Waals surface area contributed by atoms with Gasteiger partial charge >= 0.3 is 0 Å². The summed E-state index contributed by atoms with van der Waals surface area (Å²) in [5.41, 5.74) is 3.47. The van der Waals surface area contributed by atoms with Gasteiger partial charge in [-0.25, -0.2) is 0 Å². The van der Waals surface area contributed by atoms with E-state index in [4.69, 9.17) is 0 Å². The van der Waals surface area contributed by atoms with Crippen LogP contribution in [0.25, 0.3) is 11.3 Å². The van der Waals surface area contributed by atoms with Crippen LogP contribution in [0.4, 0.5) is 0 Å². The van der Waals surface area contributed by atoms with Gasteiger partial charge in [-0.05, 0) is 17.0 Å².